The van der Waals surface area contributed by atoms with Gasteiger partial charge in [0.15, 0.2) is 5.82 Å². The number of nitrogens with zero attached hydrogens (tertiary/aromatic N) is 3. The van der Waals surface area contributed by atoms with Crippen molar-refractivity contribution in [2.75, 3.05) is 11.1 Å². The highest BCUT2D eigenvalue weighted by Crippen LogP contribution is 2.35. The van der Waals surface area contributed by atoms with Gasteiger partial charge in [-0.2, -0.15) is 5.10 Å². The Labute approximate surface area is 138 Å². The normalized spacial score (nSPS) is 11.2. The van der Waals surface area contributed by atoms with Crippen molar-refractivity contribution in [1.29, 1.82) is 0 Å². The SMILES string of the molecule is Cn1nc(N)c2c(Nc3ccccc3S)nc3ccccc3c21. The van der Waals surface area contributed by atoms with E-state index in [4.69, 9.17) is 10.7 Å². The van der Waals surface area contributed by atoms with Gasteiger partial charge in [-0.05, 0) is 18.2 Å². The first-order chi connectivity index (χ1) is 11.1. The van der Waals surface area contributed by atoms with Crippen LogP contribution in [0.25, 0.3) is 21.8 Å². The smallest absolute Gasteiger partial charge is 0.157 e. The van der Waals surface area contributed by atoms with Gasteiger partial charge in [-0.15, -0.1) is 12.6 Å². The summed E-state index contributed by atoms with van der Waals surface area (Å²) >= 11 is 4.48. The van der Waals surface area contributed by atoms with Gasteiger partial charge in [0, 0.05) is 17.3 Å². The second-order valence-corrected chi connectivity index (χ2v) is 5.83. The molecule has 0 unspecified atom stereocenters. The van der Waals surface area contributed by atoms with Gasteiger partial charge < -0.3 is 11.1 Å². The minimum atomic E-state index is 0.458. The molecule has 0 spiro atoms. The molecule has 3 N–H and O–H groups in total. The maximum atomic E-state index is 6.13. The van der Waals surface area contributed by atoms with Crippen LogP contribution < -0.4 is 11.1 Å². The first-order valence-electron chi connectivity index (χ1n) is 7.21. The molecule has 0 aliphatic rings. The number of anilines is 3. The summed E-state index contributed by atoms with van der Waals surface area (Å²) in [5, 5.41) is 9.55. The fourth-order valence-corrected chi connectivity index (χ4v) is 3.05. The predicted octanol–water partition coefficient (Wildman–Crippen LogP) is 3.74. The number of nitrogens with two attached hydrogens (primary N) is 1. The Morgan fingerprint density at radius 2 is 1.83 bits per heavy atom. The van der Waals surface area contributed by atoms with Crippen molar-refractivity contribution in [3.63, 3.8) is 0 Å². The van der Waals surface area contributed by atoms with E-state index in [1.165, 1.54) is 0 Å². The maximum Gasteiger partial charge on any atom is 0.157 e. The lowest BCUT2D eigenvalue weighted by atomic mass is 10.1. The van der Waals surface area contributed by atoms with Crippen LogP contribution in [0.5, 0.6) is 0 Å². The Hall–Kier alpha value is -2.73. The lowest BCUT2D eigenvalue weighted by Crippen LogP contribution is -1.98. The van der Waals surface area contributed by atoms with Gasteiger partial charge in [-0.25, -0.2) is 4.98 Å². The third kappa shape index (κ3) is 2.19. The summed E-state index contributed by atoms with van der Waals surface area (Å²) < 4.78 is 1.80. The monoisotopic (exact) mass is 321 g/mol. The van der Waals surface area contributed by atoms with E-state index in [1.807, 2.05) is 55.6 Å². The van der Waals surface area contributed by atoms with Crippen molar-refractivity contribution < 1.29 is 0 Å². The fraction of sp³-hybridized carbons (Fsp3) is 0.0588. The molecule has 0 radical (unpaired) electrons. The zero-order chi connectivity index (χ0) is 16.0. The molecule has 4 rings (SSSR count). The van der Waals surface area contributed by atoms with Crippen molar-refractivity contribution in [3.05, 3.63) is 48.5 Å². The number of fused-ring (bicyclic) bond motifs is 3. The number of benzene rings is 2. The molecule has 0 amide bonds. The van der Waals surface area contributed by atoms with E-state index in [2.05, 4.69) is 23.0 Å². The third-order valence-electron chi connectivity index (χ3n) is 3.86. The maximum absolute atomic E-state index is 6.13. The van der Waals surface area contributed by atoms with Gasteiger partial charge in [0.25, 0.3) is 0 Å². The first-order valence-corrected chi connectivity index (χ1v) is 7.66. The van der Waals surface area contributed by atoms with Gasteiger partial charge in [-0.3, -0.25) is 4.68 Å². The van der Waals surface area contributed by atoms with Crippen LogP contribution in [0.3, 0.4) is 0 Å². The van der Waals surface area contributed by atoms with Crippen LogP contribution in [0.15, 0.2) is 53.4 Å². The molecule has 0 bridgehead atoms. The summed E-state index contributed by atoms with van der Waals surface area (Å²) in [6.07, 6.45) is 0. The van der Waals surface area contributed by atoms with Gasteiger partial charge in [0.1, 0.15) is 5.82 Å². The Morgan fingerprint density at radius 3 is 2.65 bits per heavy atom. The number of aromatic nitrogens is 3. The molecule has 114 valence electrons. The Morgan fingerprint density at radius 1 is 1.09 bits per heavy atom. The van der Waals surface area contributed by atoms with Crippen molar-refractivity contribution in [2.24, 2.45) is 7.05 Å². The molecule has 5 nitrogen and oxygen atoms in total. The zero-order valence-corrected chi connectivity index (χ0v) is 13.4. The molecule has 0 saturated heterocycles. The number of nitrogen functional groups attached to an aromatic ring is 1. The van der Waals surface area contributed by atoms with Crippen LogP contribution >= 0.6 is 12.6 Å². The van der Waals surface area contributed by atoms with E-state index < -0.39 is 0 Å². The number of hydrogen-bond donors (Lipinski definition) is 3. The number of para-hydroxylation sites is 2. The summed E-state index contributed by atoms with van der Waals surface area (Å²) in [6, 6.07) is 15.7. The molecule has 0 saturated carbocycles. The molecule has 4 aromatic rings. The second-order valence-electron chi connectivity index (χ2n) is 5.35. The molecule has 2 heterocycles. The lowest BCUT2D eigenvalue weighted by molar-refractivity contribution is 0.804. The fourth-order valence-electron chi connectivity index (χ4n) is 2.83. The summed E-state index contributed by atoms with van der Waals surface area (Å²) in [6.45, 7) is 0. The highest BCUT2D eigenvalue weighted by Gasteiger charge is 2.16. The number of pyridine rings is 1. The van der Waals surface area contributed by atoms with Gasteiger partial charge in [0.2, 0.25) is 0 Å². The number of nitrogens with one attached hydrogen (secondary N) is 1. The quantitative estimate of drug-likeness (QED) is 0.492. The average Bonchev–Trinajstić information content (AvgIpc) is 2.85. The summed E-state index contributed by atoms with van der Waals surface area (Å²) in [5.74, 6) is 1.14. The van der Waals surface area contributed by atoms with E-state index in [9.17, 15) is 0 Å². The van der Waals surface area contributed by atoms with Crippen LogP contribution in [0.2, 0.25) is 0 Å². The van der Waals surface area contributed by atoms with Crippen molar-refractivity contribution in [2.45, 2.75) is 4.90 Å². The molecule has 0 atom stereocenters. The van der Waals surface area contributed by atoms with Crippen LogP contribution in [0, 0.1) is 0 Å². The highest BCUT2D eigenvalue weighted by molar-refractivity contribution is 7.80. The Kier molecular flexibility index (Phi) is 3.12. The van der Waals surface area contributed by atoms with Crippen molar-refractivity contribution >= 4 is 51.8 Å². The highest BCUT2D eigenvalue weighted by atomic mass is 32.1. The molecular weight excluding hydrogens is 306 g/mol. The largest absolute Gasteiger partial charge is 0.382 e. The molecule has 23 heavy (non-hydrogen) atoms. The van der Waals surface area contributed by atoms with Crippen LogP contribution in [0.4, 0.5) is 17.3 Å². The molecule has 0 aliphatic carbocycles. The number of thiol groups is 1. The van der Waals surface area contributed by atoms with Crippen LogP contribution in [0.1, 0.15) is 0 Å². The molecule has 0 fully saturated rings. The van der Waals surface area contributed by atoms with E-state index in [0.717, 1.165) is 32.4 Å². The minimum Gasteiger partial charge on any atom is -0.382 e. The Bertz CT molecular complexity index is 1040. The Balaban J connectivity index is 2.03. The summed E-state index contributed by atoms with van der Waals surface area (Å²) in [7, 11) is 1.89. The molecule has 2 aromatic heterocycles. The summed E-state index contributed by atoms with van der Waals surface area (Å²) in [5.41, 5.74) is 8.86. The van der Waals surface area contributed by atoms with E-state index >= 15 is 0 Å². The standard InChI is InChI=1S/C17H15N5S/c1-22-15-10-6-2-3-7-11(10)19-17(14(15)16(18)21-22)20-12-8-4-5-9-13(12)23/h2-9,23H,1H3,(H2,18,21)(H,19,20). The number of hydrogen-bond acceptors (Lipinski definition) is 5. The van der Waals surface area contributed by atoms with Crippen molar-refractivity contribution in [3.8, 4) is 0 Å². The third-order valence-corrected chi connectivity index (χ3v) is 4.25. The van der Waals surface area contributed by atoms with Gasteiger partial charge in [-0.1, -0.05) is 30.3 Å². The van der Waals surface area contributed by atoms with E-state index in [0.29, 0.717) is 11.6 Å². The van der Waals surface area contributed by atoms with Crippen LogP contribution in [-0.2, 0) is 7.05 Å². The van der Waals surface area contributed by atoms with Crippen molar-refractivity contribution in [1.82, 2.24) is 14.8 Å². The minimum absolute atomic E-state index is 0.458. The second kappa shape index (κ2) is 5.17. The van der Waals surface area contributed by atoms with E-state index in [1.54, 1.807) is 4.68 Å². The van der Waals surface area contributed by atoms with Gasteiger partial charge in [0.05, 0.1) is 22.1 Å². The number of aryl methyl sites for hydroxylation is 1. The average molecular weight is 321 g/mol. The molecular formula is C17H15N5S. The topological polar surface area (TPSA) is 68.8 Å². The summed E-state index contributed by atoms with van der Waals surface area (Å²) in [4.78, 5) is 5.58. The van der Waals surface area contributed by atoms with Crippen LogP contribution in [-0.4, -0.2) is 14.8 Å². The zero-order valence-electron chi connectivity index (χ0n) is 12.5. The first kappa shape index (κ1) is 13.9. The lowest BCUT2D eigenvalue weighted by Gasteiger charge is -2.11. The molecule has 0 aliphatic heterocycles. The number of rotatable bonds is 2. The predicted molar refractivity (Wildman–Crippen MR) is 97.4 cm³/mol. The molecule has 6 heteroatoms. The van der Waals surface area contributed by atoms with E-state index in [-0.39, 0.29) is 0 Å². The molecule has 2 aromatic carbocycles. The van der Waals surface area contributed by atoms with Gasteiger partial charge >= 0.3 is 0 Å².